The van der Waals surface area contributed by atoms with E-state index in [2.05, 4.69) is 10.6 Å². The third-order valence-corrected chi connectivity index (χ3v) is 4.09. The molecule has 2 aromatic carbocycles. The van der Waals surface area contributed by atoms with Crippen LogP contribution in [0, 0.1) is 0 Å². The Kier molecular flexibility index (Phi) is 4.36. The van der Waals surface area contributed by atoms with E-state index in [1.165, 1.54) is 0 Å². The molecule has 0 aliphatic heterocycles. The molecule has 0 amide bonds. The molecule has 0 bridgehead atoms. The number of benzene rings is 2. The fourth-order valence-corrected chi connectivity index (χ4v) is 2.73. The highest BCUT2D eigenvalue weighted by Gasteiger charge is 2.24. The van der Waals surface area contributed by atoms with Gasteiger partial charge in [0, 0.05) is 6.42 Å². The molecule has 2 N–H and O–H groups in total. The Labute approximate surface area is 138 Å². The van der Waals surface area contributed by atoms with Crippen LogP contribution in [0.25, 0.3) is 0 Å². The maximum Gasteiger partial charge on any atom is 0.181 e. The van der Waals surface area contributed by atoms with Gasteiger partial charge in [-0.1, -0.05) is 47.5 Å². The van der Waals surface area contributed by atoms with Gasteiger partial charge in [0.05, 0.1) is 33.2 Å². The van der Waals surface area contributed by atoms with Gasteiger partial charge < -0.3 is 10.6 Å². The van der Waals surface area contributed by atoms with E-state index in [1.807, 2.05) is 48.5 Å². The van der Waals surface area contributed by atoms with Crippen LogP contribution < -0.4 is 10.6 Å². The molecule has 0 saturated carbocycles. The third kappa shape index (κ3) is 3.26. The van der Waals surface area contributed by atoms with E-state index in [0.717, 1.165) is 11.4 Å². The van der Waals surface area contributed by atoms with Gasteiger partial charge in [0.1, 0.15) is 0 Å². The molecule has 0 spiro atoms. The maximum absolute atomic E-state index is 12.1. The molecule has 0 radical (unpaired) electrons. The molecule has 0 saturated heterocycles. The van der Waals surface area contributed by atoms with Crippen molar-refractivity contribution in [1.29, 1.82) is 0 Å². The highest BCUT2D eigenvalue weighted by Crippen LogP contribution is 2.27. The van der Waals surface area contributed by atoms with E-state index in [9.17, 15) is 4.79 Å². The molecule has 0 fully saturated rings. The summed E-state index contributed by atoms with van der Waals surface area (Å²) < 4.78 is 0. The number of nitrogens with one attached hydrogen (secondary N) is 2. The molecular formula is C17H14Cl2N2O. The molecule has 3 rings (SSSR count). The quantitative estimate of drug-likeness (QED) is 0.849. The average Bonchev–Trinajstić information content (AvgIpc) is 2.84. The number of halogens is 2. The average molecular weight is 333 g/mol. The normalized spacial score (nSPS) is 17.3. The third-order valence-electron chi connectivity index (χ3n) is 3.43. The highest BCUT2D eigenvalue weighted by atomic mass is 35.5. The zero-order valence-electron chi connectivity index (χ0n) is 11.6. The number of allylic oxidation sites excluding steroid dienone is 1. The second-order valence-corrected chi connectivity index (χ2v) is 5.86. The van der Waals surface area contributed by atoms with Gasteiger partial charge in [-0.2, -0.15) is 0 Å². The van der Waals surface area contributed by atoms with Crippen LogP contribution in [0.3, 0.4) is 0 Å². The first kappa shape index (κ1) is 14.9. The number of carbonyl (C=O) groups excluding carboxylic acids is 1. The molecule has 22 heavy (non-hydrogen) atoms. The standard InChI is InChI=1S/C17H14Cl2N2O/c18-12-5-1-3-7-14(12)20-11-9-16(17(22)10-11)21-15-8-4-2-6-13(15)19/h1-9,11,20-21H,10H2. The number of anilines is 2. The summed E-state index contributed by atoms with van der Waals surface area (Å²) in [6.07, 6.45) is 2.26. The summed E-state index contributed by atoms with van der Waals surface area (Å²) in [4.78, 5) is 12.1. The Bertz CT molecular complexity index is 743. The Morgan fingerprint density at radius 2 is 1.50 bits per heavy atom. The van der Waals surface area contributed by atoms with Crippen LogP contribution in [0.1, 0.15) is 6.42 Å². The first-order valence-corrected chi connectivity index (χ1v) is 7.67. The summed E-state index contributed by atoms with van der Waals surface area (Å²) in [5.74, 6) is 0.0458. The van der Waals surface area contributed by atoms with E-state index in [4.69, 9.17) is 23.2 Å². The lowest BCUT2D eigenvalue weighted by atomic mass is 10.2. The van der Waals surface area contributed by atoms with Gasteiger partial charge in [-0.3, -0.25) is 4.79 Å². The molecule has 2 aromatic rings. The fraction of sp³-hybridized carbons (Fsp3) is 0.118. The van der Waals surface area contributed by atoms with Crippen molar-refractivity contribution >= 4 is 40.4 Å². The van der Waals surface area contributed by atoms with Crippen molar-refractivity contribution < 1.29 is 4.79 Å². The highest BCUT2D eigenvalue weighted by molar-refractivity contribution is 6.33. The molecule has 5 heteroatoms. The minimum Gasteiger partial charge on any atom is -0.377 e. The van der Waals surface area contributed by atoms with E-state index < -0.39 is 0 Å². The van der Waals surface area contributed by atoms with E-state index in [-0.39, 0.29) is 11.8 Å². The van der Waals surface area contributed by atoms with Crippen molar-refractivity contribution in [1.82, 2.24) is 0 Å². The maximum atomic E-state index is 12.1. The second-order valence-electron chi connectivity index (χ2n) is 5.04. The Morgan fingerprint density at radius 3 is 2.14 bits per heavy atom. The zero-order valence-corrected chi connectivity index (χ0v) is 13.2. The Balaban J connectivity index is 1.75. The number of hydrogen-bond acceptors (Lipinski definition) is 3. The van der Waals surface area contributed by atoms with Crippen LogP contribution in [0.4, 0.5) is 11.4 Å². The molecule has 1 aliphatic carbocycles. The van der Waals surface area contributed by atoms with Gasteiger partial charge in [0.15, 0.2) is 5.78 Å². The number of ketones is 1. The summed E-state index contributed by atoms with van der Waals surface area (Å²) in [5, 5.41) is 7.58. The monoisotopic (exact) mass is 332 g/mol. The topological polar surface area (TPSA) is 41.1 Å². The number of para-hydroxylation sites is 2. The second kappa shape index (κ2) is 6.42. The van der Waals surface area contributed by atoms with E-state index >= 15 is 0 Å². The number of rotatable bonds is 4. The van der Waals surface area contributed by atoms with Crippen LogP contribution in [0.5, 0.6) is 0 Å². The molecular weight excluding hydrogens is 319 g/mol. The van der Waals surface area contributed by atoms with Gasteiger partial charge in [-0.25, -0.2) is 0 Å². The minimum absolute atomic E-state index is 0.0458. The Morgan fingerprint density at radius 1 is 0.909 bits per heavy atom. The summed E-state index contributed by atoms with van der Waals surface area (Å²) in [7, 11) is 0. The largest absolute Gasteiger partial charge is 0.377 e. The molecule has 0 aromatic heterocycles. The van der Waals surface area contributed by atoms with Crippen molar-refractivity contribution in [3.8, 4) is 0 Å². The molecule has 1 aliphatic rings. The summed E-state index contributed by atoms with van der Waals surface area (Å²) in [6.45, 7) is 0. The first-order chi connectivity index (χ1) is 10.6. The van der Waals surface area contributed by atoms with Crippen LogP contribution in [-0.4, -0.2) is 11.8 Å². The SMILES string of the molecule is O=C1CC(Nc2ccccc2Cl)C=C1Nc1ccccc1Cl. The lowest BCUT2D eigenvalue weighted by Gasteiger charge is -2.12. The predicted molar refractivity (Wildman–Crippen MR) is 91.6 cm³/mol. The van der Waals surface area contributed by atoms with Crippen molar-refractivity contribution in [2.45, 2.75) is 12.5 Å². The predicted octanol–water partition coefficient (Wildman–Crippen LogP) is 4.74. The molecule has 112 valence electrons. The molecule has 1 atom stereocenters. The van der Waals surface area contributed by atoms with Crippen molar-refractivity contribution in [3.63, 3.8) is 0 Å². The minimum atomic E-state index is -0.0858. The molecule has 3 nitrogen and oxygen atoms in total. The summed E-state index contributed by atoms with van der Waals surface area (Å²) in [5.41, 5.74) is 2.09. The van der Waals surface area contributed by atoms with Gasteiger partial charge in [-0.05, 0) is 30.3 Å². The number of hydrogen-bond donors (Lipinski definition) is 2. The van der Waals surface area contributed by atoms with E-state index in [0.29, 0.717) is 22.2 Å². The summed E-state index contributed by atoms with van der Waals surface area (Å²) >= 11 is 12.2. The van der Waals surface area contributed by atoms with Crippen molar-refractivity contribution in [3.05, 3.63) is 70.3 Å². The van der Waals surface area contributed by atoms with Crippen LogP contribution in [0.15, 0.2) is 60.3 Å². The lowest BCUT2D eigenvalue weighted by molar-refractivity contribution is -0.114. The zero-order chi connectivity index (χ0) is 15.5. The Hall–Kier alpha value is -1.97. The van der Waals surface area contributed by atoms with Crippen LogP contribution >= 0.6 is 23.2 Å². The van der Waals surface area contributed by atoms with E-state index in [1.54, 1.807) is 6.07 Å². The number of carbonyl (C=O) groups is 1. The van der Waals surface area contributed by atoms with Gasteiger partial charge >= 0.3 is 0 Å². The van der Waals surface area contributed by atoms with Crippen LogP contribution in [0.2, 0.25) is 10.0 Å². The van der Waals surface area contributed by atoms with Crippen molar-refractivity contribution in [2.24, 2.45) is 0 Å². The lowest BCUT2D eigenvalue weighted by Crippen LogP contribution is -2.15. The van der Waals surface area contributed by atoms with Gasteiger partial charge in [-0.15, -0.1) is 0 Å². The molecule has 0 heterocycles. The first-order valence-electron chi connectivity index (χ1n) is 6.91. The fourth-order valence-electron chi connectivity index (χ4n) is 2.35. The molecule has 1 unspecified atom stereocenters. The van der Waals surface area contributed by atoms with Gasteiger partial charge in [0.25, 0.3) is 0 Å². The number of Topliss-reactive ketones (excluding diaryl/α,β-unsaturated/α-hetero) is 1. The van der Waals surface area contributed by atoms with Crippen molar-refractivity contribution in [2.75, 3.05) is 10.6 Å². The van der Waals surface area contributed by atoms with Crippen LogP contribution in [-0.2, 0) is 4.79 Å². The van der Waals surface area contributed by atoms with Gasteiger partial charge in [0.2, 0.25) is 0 Å². The smallest absolute Gasteiger partial charge is 0.181 e. The summed E-state index contributed by atoms with van der Waals surface area (Å²) in [6, 6.07) is 14.7.